The Morgan fingerprint density at radius 1 is 1.00 bits per heavy atom. The Morgan fingerprint density at radius 3 is 2.50 bits per heavy atom. The van der Waals surface area contributed by atoms with Crippen molar-refractivity contribution in [3.63, 3.8) is 0 Å². The lowest BCUT2D eigenvalue weighted by atomic mass is 10.0. The smallest absolute Gasteiger partial charge is 0.149 e. The van der Waals surface area contributed by atoms with Crippen LogP contribution in [0, 0.1) is 0 Å². The van der Waals surface area contributed by atoms with Crippen LogP contribution < -0.4 is 5.73 Å². The van der Waals surface area contributed by atoms with E-state index in [-0.39, 0.29) is 0 Å². The minimum Gasteiger partial charge on any atom is -0.464 e. The highest BCUT2D eigenvalue weighted by Crippen LogP contribution is 2.38. The average molecular weight is 308 g/mol. The molecule has 0 radical (unpaired) electrons. The van der Waals surface area contributed by atoms with Crippen molar-refractivity contribution in [3.8, 4) is 0 Å². The molecule has 0 amide bonds. The molecule has 2 heterocycles. The Bertz CT molecular complexity index is 632. The van der Waals surface area contributed by atoms with Crippen molar-refractivity contribution in [2.24, 2.45) is 5.73 Å². The predicted molar refractivity (Wildman–Crippen MR) is 75.7 cm³/mol. The molecular weight excluding hydrogens is 294 g/mol. The fraction of sp³-hybridized carbons (Fsp3) is 0.286. The second-order valence-electron chi connectivity index (χ2n) is 4.37. The van der Waals surface area contributed by atoms with Crippen LogP contribution in [-0.2, 0) is 6.42 Å². The van der Waals surface area contributed by atoms with Crippen LogP contribution in [0.5, 0.6) is 0 Å². The van der Waals surface area contributed by atoms with Gasteiger partial charge in [0.2, 0.25) is 0 Å². The maximum atomic E-state index is 5.64. The van der Waals surface area contributed by atoms with Crippen LogP contribution in [0.3, 0.4) is 0 Å². The molecule has 94 valence electrons. The maximum absolute atomic E-state index is 5.64. The summed E-state index contributed by atoms with van der Waals surface area (Å²) in [6.45, 7) is 0.729. The Kier molecular flexibility index (Phi) is 3.14. The Hall–Kier alpha value is -1.26. The van der Waals surface area contributed by atoms with Gasteiger partial charge in [-0.1, -0.05) is 0 Å². The molecule has 2 N–H and O–H groups in total. The van der Waals surface area contributed by atoms with Crippen LogP contribution in [0.25, 0.3) is 21.9 Å². The molecule has 0 aliphatic carbocycles. The number of hydrogen-bond acceptors (Lipinski definition) is 3. The molecule has 18 heavy (non-hydrogen) atoms. The van der Waals surface area contributed by atoms with Gasteiger partial charge >= 0.3 is 0 Å². The normalized spacial score (nSPS) is 11.7. The zero-order chi connectivity index (χ0) is 12.5. The second-order valence-corrected chi connectivity index (χ2v) is 5.16. The van der Waals surface area contributed by atoms with Gasteiger partial charge in [0.05, 0.1) is 17.0 Å². The first-order valence-electron chi connectivity index (χ1n) is 6.07. The van der Waals surface area contributed by atoms with Crippen LogP contribution in [0.4, 0.5) is 0 Å². The van der Waals surface area contributed by atoms with Crippen LogP contribution >= 0.6 is 15.9 Å². The first-order valence-corrected chi connectivity index (χ1v) is 6.87. The maximum Gasteiger partial charge on any atom is 0.149 e. The third-order valence-electron chi connectivity index (χ3n) is 3.25. The molecule has 4 heteroatoms. The molecule has 3 nitrogen and oxygen atoms in total. The third kappa shape index (κ3) is 1.76. The van der Waals surface area contributed by atoms with Crippen molar-refractivity contribution in [2.45, 2.75) is 19.3 Å². The number of fused-ring (bicyclic) bond motifs is 2. The van der Waals surface area contributed by atoms with Crippen LogP contribution in [0.1, 0.15) is 18.4 Å². The molecule has 0 atom stereocenters. The van der Waals surface area contributed by atoms with Gasteiger partial charge in [-0.25, -0.2) is 0 Å². The van der Waals surface area contributed by atoms with E-state index in [1.54, 1.807) is 12.5 Å². The number of furan rings is 2. The molecule has 0 spiro atoms. The zero-order valence-corrected chi connectivity index (χ0v) is 11.5. The van der Waals surface area contributed by atoms with Crippen LogP contribution in [-0.4, -0.2) is 6.54 Å². The molecule has 0 saturated heterocycles. The third-order valence-corrected chi connectivity index (χ3v) is 4.03. The van der Waals surface area contributed by atoms with Crippen molar-refractivity contribution in [2.75, 3.05) is 6.54 Å². The van der Waals surface area contributed by atoms with Gasteiger partial charge in [-0.15, -0.1) is 0 Å². The van der Waals surface area contributed by atoms with Crippen LogP contribution in [0.15, 0.2) is 38.0 Å². The lowest BCUT2D eigenvalue weighted by molar-refractivity contribution is 0.605. The van der Waals surface area contributed by atoms with Gasteiger partial charge in [0.25, 0.3) is 0 Å². The van der Waals surface area contributed by atoms with Crippen molar-refractivity contribution in [1.82, 2.24) is 0 Å². The molecule has 1 aromatic carbocycles. The molecule has 3 rings (SSSR count). The number of aryl methyl sites for hydroxylation is 1. The Labute approximate surface area is 113 Å². The molecule has 0 aliphatic rings. The largest absolute Gasteiger partial charge is 0.464 e. The van der Waals surface area contributed by atoms with Crippen LogP contribution in [0.2, 0.25) is 0 Å². The minimum atomic E-state index is 0.729. The van der Waals surface area contributed by atoms with E-state index in [1.165, 1.54) is 5.56 Å². The van der Waals surface area contributed by atoms with E-state index < -0.39 is 0 Å². The van der Waals surface area contributed by atoms with E-state index in [0.717, 1.165) is 52.2 Å². The van der Waals surface area contributed by atoms with Gasteiger partial charge in [0, 0.05) is 16.3 Å². The topological polar surface area (TPSA) is 52.3 Å². The van der Waals surface area contributed by atoms with Gasteiger partial charge in [0.1, 0.15) is 11.2 Å². The quantitative estimate of drug-likeness (QED) is 0.734. The number of hydrogen-bond donors (Lipinski definition) is 1. The summed E-state index contributed by atoms with van der Waals surface area (Å²) in [5.74, 6) is 0. The highest BCUT2D eigenvalue weighted by Gasteiger charge is 2.16. The lowest BCUT2D eigenvalue weighted by Gasteiger charge is -2.05. The molecule has 0 unspecified atom stereocenters. The SMILES string of the molecule is NCCCCc1c2ccoc2c(Br)c2ccoc12. The number of rotatable bonds is 4. The number of unbranched alkanes of at least 4 members (excludes halogenated alkanes) is 1. The molecular formula is C14H14BrNO2. The fourth-order valence-electron chi connectivity index (χ4n) is 2.37. The standard InChI is InChI=1S/C14H14BrNO2/c15-12-11-5-8-17-13(11)9(3-1-2-6-16)10-4-7-18-14(10)12/h4-5,7-8H,1-3,6,16H2. The van der Waals surface area contributed by atoms with E-state index in [2.05, 4.69) is 15.9 Å². The molecule has 3 aromatic rings. The first-order chi connectivity index (χ1) is 8.83. The first kappa shape index (κ1) is 11.8. The number of halogens is 1. The van der Waals surface area contributed by atoms with E-state index in [4.69, 9.17) is 14.6 Å². The van der Waals surface area contributed by atoms with Crippen molar-refractivity contribution in [3.05, 3.63) is 34.7 Å². The molecule has 0 fully saturated rings. The summed E-state index contributed by atoms with van der Waals surface area (Å²) < 4.78 is 12.2. The predicted octanol–water partition coefficient (Wildman–Crippen LogP) is 4.22. The van der Waals surface area contributed by atoms with Gasteiger partial charge in [-0.05, 0) is 53.9 Å². The summed E-state index contributed by atoms with van der Waals surface area (Å²) in [6.07, 6.45) is 6.50. The van der Waals surface area contributed by atoms with E-state index in [1.807, 2.05) is 12.1 Å². The van der Waals surface area contributed by atoms with E-state index in [9.17, 15) is 0 Å². The highest BCUT2D eigenvalue weighted by atomic mass is 79.9. The summed E-state index contributed by atoms with van der Waals surface area (Å²) in [6, 6.07) is 3.97. The highest BCUT2D eigenvalue weighted by molar-refractivity contribution is 9.10. The zero-order valence-electron chi connectivity index (χ0n) is 9.91. The average Bonchev–Trinajstić information content (AvgIpc) is 3.02. The summed E-state index contributed by atoms with van der Waals surface area (Å²) in [4.78, 5) is 0. The number of nitrogens with two attached hydrogens (primary N) is 1. The lowest BCUT2D eigenvalue weighted by Crippen LogP contribution is -1.99. The molecule has 0 aliphatic heterocycles. The van der Waals surface area contributed by atoms with Gasteiger partial charge in [0.15, 0.2) is 0 Å². The molecule has 0 saturated carbocycles. The molecule has 2 aromatic heterocycles. The molecule has 0 bridgehead atoms. The van der Waals surface area contributed by atoms with Crippen molar-refractivity contribution in [1.29, 1.82) is 0 Å². The van der Waals surface area contributed by atoms with Crippen molar-refractivity contribution >= 4 is 37.9 Å². The Morgan fingerprint density at radius 2 is 1.72 bits per heavy atom. The van der Waals surface area contributed by atoms with Gasteiger partial charge < -0.3 is 14.6 Å². The summed E-state index contributed by atoms with van der Waals surface area (Å²) in [5.41, 5.74) is 8.62. The summed E-state index contributed by atoms with van der Waals surface area (Å²) >= 11 is 3.58. The minimum absolute atomic E-state index is 0.729. The Balaban J connectivity index is 2.20. The summed E-state index contributed by atoms with van der Waals surface area (Å²) in [5, 5.41) is 2.20. The van der Waals surface area contributed by atoms with Crippen molar-refractivity contribution < 1.29 is 8.83 Å². The second kappa shape index (κ2) is 4.78. The fourth-order valence-corrected chi connectivity index (χ4v) is 2.99. The van der Waals surface area contributed by atoms with E-state index >= 15 is 0 Å². The summed E-state index contributed by atoms with van der Waals surface area (Å²) in [7, 11) is 0. The number of benzene rings is 1. The van der Waals surface area contributed by atoms with E-state index in [0.29, 0.717) is 0 Å². The van der Waals surface area contributed by atoms with Gasteiger partial charge in [-0.2, -0.15) is 0 Å². The monoisotopic (exact) mass is 307 g/mol. The van der Waals surface area contributed by atoms with Gasteiger partial charge in [-0.3, -0.25) is 0 Å².